The van der Waals surface area contributed by atoms with Gasteiger partial charge >= 0.3 is 0 Å². The lowest BCUT2D eigenvalue weighted by atomic mass is 10.1. The van der Waals surface area contributed by atoms with Crippen molar-refractivity contribution in [3.8, 4) is 0 Å². The molecule has 4 nitrogen and oxygen atoms in total. The first kappa shape index (κ1) is 12.6. The monoisotopic (exact) mass is 221 g/mol. The fourth-order valence-electron chi connectivity index (χ4n) is 1.32. The number of rotatable bonds is 5. The molecule has 1 aromatic rings. The van der Waals surface area contributed by atoms with Gasteiger partial charge in [-0.1, -0.05) is 0 Å². The topological polar surface area (TPSA) is 68.0 Å². The number of pyridine rings is 1. The van der Waals surface area contributed by atoms with E-state index in [1.165, 1.54) is 0 Å². The fourth-order valence-corrected chi connectivity index (χ4v) is 1.32. The maximum atomic E-state index is 11.4. The highest BCUT2D eigenvalue weighted by Crippen LogP contribution is 2.04. The number of amides is 1. The van der Waals surface area contributed by atoms with E-state index < -0.39 is 0 Å². The third kappa shape index (κ3) is 4.40. The number of nitrogens with two attached hydrogens (primary N) is 1. The minimum atomic E-state index is 0.0422. The van der Waals surface area contributed by atoms with Gasteiger partial charge in [0.2, 0.25) is 5.91 Å². The smallest absolute Gasteiger partial charge is 0.220 e. The van der Waals surface area contributed by atoms with Crippen LogP contribution in [0.25, 0.3) is 0 Å². The van der Waals surface area contributed by atoms with Crippen molar-refractivity contribution in [3.05, 3.63) is 29.6 Å². The van der Waals surface area contributed by atoms with Crippen molar-refractivity contribution >= 4 is 5.91 Å². The minimum Gasteiger partial charge on any atom is -0.352 e. The summed E-state index contributed by atoms with van der Waals surface area (Å²) < 4.78 is 0. The summed E-state index contributed by atoms with van der Waals surface area (Å²) in [7, 11) is 0. The molecule has 0 saturated heterocycles. The third-order valence-electron chi connectivity index (χ3n) is 2.45. The maximum absolute atomic E-state index is 11.4. The molecular weight excluding hydrogens is 202 g/mol. The van der Waals surface area contributed by atoms with Gasteiger partial charge in [-0.3, -0.25) is 9.78 Å². The van der Waals surface area contributed by atoms with Gasteiger partial charge in [-0.25, -0.2) is 0 Å². The quantitative estimate of drug-likeness (QED) is 0.783. The van der Waals surface area contributed by atoms with E-state index in [0.717, 1.165) is 17.5 Å². The lowest BCUT2D eigenvalue weighted by Gasteiger charge is -2.08. The zero-order valence-corrected chi connectivity index (χ0v) is 9.86. The first-order chi connectivity index (χ1) is 7.59. The average molecular weight is 221 g/mol. The van der Waals surface area contributed by atoms with Crippen LogP contribution in [-0.4, -0.2) is 16.9 Å². The first-order valence-electron chi connectivity index (χ1n) is 5.51. The lowest BCUT2D eigenvalue weighted by Crippen LogP contribution is -2.25. The number of nitrogens with zero attached hydrogens (tertiary/aromatic N) is 1. The predicted octanol–water partition coefficient (Wildman–Crippen LogP) is 1.13. The number of hydrogen-bond donors (Lipinski definition) is 2. The molecule has 1 amide bonds. The molecule has 1 heterocycles. The molecule has 0 radical (unpaired) electrons. The number of aryl methyl sites for hydroxylation is 1. The van der Waals surface area contributed by atoms with Crippen molar-refractivity contribution in [2.45, 2.75) is 39.3 Å². The van der Waals surface area contributed by atoms with Gasteiger partial charge < -0.3 is 11.1 Å². The summed E-state index contributed by atoms with van der Waals surface area (Å²) in [5, 5.41) is 2.86. The van der Waals surface area contributed by atoms with Crippen LogP contribution in [0.15, 0.2) is 18.5 Å². The van der Waals surface area contributed by atoms with Crippen LogP contribution >= 0.6 is 0 Å². The van der Waals surface area contributed by atoms with Crippen molar-refractivity contribution in [2.75, 3.05) is 0 Å². The molecule has 16 heavy (non-hydrogen) atoms. The van der Waals surface area contributed by atoms with Crippen LogP contribution in [-0.2, 0) is 11.3 Å². The molecular formula is C12H19N3O. The van der Waals surface area contributed by atoms with Crippen molar-refractivity contribution < 1.29 is 4.79 Å². The molecule has 1 rings (SSSR count). The number of nitrogens with one attached hydrogen (secondary N) is 1. The van der Waals surface area contributed by atoms with Gasteiger partial charge in [-0.2, -0.15) is 0 Å². The Balaban J connectivity index is 2.35. The second-order valence-electron chi connectivity index (χ2n) is 4.09. The number of aromatic nitrogens is 1. The second kappa shape index (κ2) is 6.23. The molecule has 3 N–H and O–H groups in total. The Bertz CT molecular complexity index is 350. The highest BCUT2D eigenvalue weighted by Gasteiger charge is 2.04. The summed E-state index contributed by atoms with van der Waals surface area (Å²) in [5.74, 6) is 0.0422. The molecule has 88 valence electrons. The average Bonchev–Trinajstić information content (AvgIpc) is 2.25. The Labute approximate surface area is 96.3 Å². The maximum Gasteiger partial charge on any atom is 0.220 e. The highest BCUT2D eigenvalue weighted by molar-refractivity contribution is 5.75. The predicted molar refractivity (Wildman–Crippen MR) is 63.7 cm³/mol. The van der Waals surface area contributed by atoms with Crippen LogP contribution < -0.4 is 11.1 Å². The van der Waals surface area contributed by atoms with E-state index in [0.29, 0.717) is 13.0 Å². The summed E-state index contributed by atoms with van der Waals surface area (Å²) in [6, 6.07) is 2.01. The summed E-state index contributed by atoms with van der Waals surface area (Å²) in [6.07, 6.45) is 4.73. The van der Waals surface area contributed by atoms with Crippen molar-refractivity contribution in [1.29, 1.82) is 0 Å². The summed E-state index contributed by atoms with van der Waals surface area (Å²) in [5.41, 5.74) is 7.78. The summed E-state index contributed by atoms with van der Waals surface area (Å²) in [6.45, 7) is 4.45. The van der Waals surface area contributed by atoms with E-state index in [-0.39, 0.29) is 11.9 Å². The van der Waals surface area contributed by atoms with E-state index >= 15 is 0 Å². The van der Waals surface area contributed by atoms with Crippen molar-refractivity contribution in [1.82, 2.24) is 10.3 Å². The largest absolute Gasteiger partial charge is 0.352 e. The second-order valence-corrected chi connectivity index (χ2v) is 4.09. The van der Waals surface area contributed by atoms with Crippen LogP contribution in [0.3, 0.4) is 0 Å². The zero-order valence-electron chi connectivity index (χ0n) is 9.86. The molecule has 0 bridgehead atoms. The fraction of sp³-hybridized carbons (Fsp3) is 0.500. The molecule has 0 aromatic carbocycles. The Morgan fingerprint density at radius 3 is 3.00 bits per heavy atom. The van der Waals surface area contributed by atoms with Crippen molar-refractivity contribution in [3.63, 3.8) is 0 Å². The number of carbonyl (C=O) groups is 1. The lowest BCUT2D eigenvalue weighted by molar-refractivity contribution is -0.121. The van der Waals surface area contributed by atoms with Gasteiger partial charge in [0.05, 0.1) is 0 Å². The van der Waals surface area contributed by atoms with Crippen LogP contribution in [0.1, 0.15) is 30.9 Å². The molecule has 1 unspecified atom stereocenters. The van der Waals surface area contributed by atoms with E-state index in [4.69, 9.17) is 5.73 Å². The van der Waals surface area contributed by atoms with E-state index in [1.807, 2.05) is 19.9 Å². The van der Waals surface area contributed by atoms with E-state index in [9.17, 15) is 4.79 Å². The molecule has 1 atom stereocenters. The van der Waals surface area contributed by atoms with Crippen LogP contribution in [0, 0.1) is 6.92 Å². The normalized spacial score (nSPS) is 12.2. The first-order valence-corrected chi connectivity index (χ1v) is 5.51. The molecule has 0 spiro atoms. The van der Waals surface area contributed by atoms with E-state index in [2.05, 4.69) is 10.3 Å². The zero-order chi connectivity index (χ0) is 12.0. The highest BCUT2D eigenvalue weighted by atomic mass is 16.1. The van der Waals surface area contributed by atoms with Gasteiger partial charge in [0.15, 0.2) is 0 Å². The Hall–Kier alpha value is -1.42. The molecule has 0 saturated carbocycles. The van der Waals surface area contributed by atoms with Gasteiger partial charge in [0, 0.05) is 31.4 Å². The van der Waals surface area contributed by atoms with E-state index in [1.54, 1.807) is 12.4 Å². The van der Waals surface area contributed by atoms with Crippen molar-refractivity contribution in [2.24, 2.45) is 5.73 Å². The van der Waals surface area contributed by atoms with Gasteiger partial charge in [0.25, 0.3) is 0 Å². The van der Waals surface area contributed by atoms with Gasteiger partial charge in [-0.05, 0) is 37.5 Å². The number of hydrogen-bond acceptors (Lipinski definition) is 3. The Kier molecular flexibility index (Phi) is 4.92. The Morgan fingerprint density at radius 2 is 2.38 bits per heavy atom. The minimum absolute atomic E-state index is 0.0422. The summed E-state index contributed by atoms with van der Waals surface area (Å²) >= 11 is 0. The molecule has 0 fully saturated rings. The number of carbonyl (C=O) groups excluding carboxylic acids is 1. The standard InChI is InChI=1S/C12H19N3O/c1-9-5-6-14-7-11(9)8-15-12(16)4-3-10(2)13/h5-7,10H,3-4,8,13H2,1-2H3,(H,15,16). The van der Waals surface area contributed by atoms with Crippen LogP contribution in [0.2, 0.25) is 0 Å². The van der Waals surface area contributed by atoms with Crippen LogP contribution in [0.5, 0.6) is 0 Å². The van der Waals surface area contributed by atoms with Gasteiger partial charge in [-0.15, -0.1) is 0 Å². The molecule has 0 aliphatic rings. The SMILES string of the molecule is Cc1ccncc1CNC(=O)CCC(C)N. The third-order valence-corrected chi connectivity index (χ3v) is 2.45. The molecule has 4 heteroatoms. The summed E-state index contributed by atoms with van der Waals surface area (Å²) in [4.78, 5) is 15.5. The molecule has 0 aliphatic carbocycles. The molecule has 0 aliphatic heterocycles. The molecule has 1 aromatic heterocycles. The van der Waals surface area contributed by atoms with Gasteiger partial charge in [0.1, 0.15) is 0 Å². The Morgan fingerprint density at radius 1 is 1.62 bits per heavy atom. The van der Waals surface area contributed by atoms with Crippen LogP contribution in [0.4, 0.5) is 0 Å².